The van der Waals surface area contributed by atoms with Gasteiger partial charge in [-0.2, -0.15) is 4.80 Å². The van der Waals surface area contributed by atoms with Crippen LogP contribution in [0.2, 0.25) is 0 Å². The fraction of sp³-hybridized carbons (Fsp3) is 0.0500. The molecule has 4 aromatic rings. The number of nitro groups is 1. The number of fused-ring (bicyclic) bond motifs is 1. The fourth-order valence-corrected chi connectivity index (χ4v) is 2.85. The summed E-state index contributed by atoms with van der Waals surface area (Å²) in [5.41, 5.74) is 3.03. The number of benzene rings is 3. The number of amides is 1. The Morgan fingerprint density at radius 3 is 2.45 bits per heavy atom. The molecule has 1 amide bonds. The van der Waals surface area contributed by atoms with Gasteiger partial charge in [-0.05, 0) is 55.0 Å². The summed E-state index contributed by atoms with van der Waals surface area (Å²) >= 11 is 0. The van der Waals surface area contributed by atoms with Crippen LogP contribution < -0.4 is 5.32 Å². The van der Waals surface area contributed by atoms with Crippen LogP contribution in [0.15, 0.2) is 60.7 Å². The number of carbonyl (C=O) groups is 1. The van der Waals surface area contributed by atoms with Gasteiger partial charge in [0, 0.05) is 23.4 Å². The van der Waals surface area contributed by atoms with E-state index in [9.17, 15) is 19.3 Å². The number of hydrogen-bond donors (Lipinski definition) is 1. The average Bonchev–Trinajstić information content (AvgIpc) is 3.11. The van der Waals surface area contributed by atoms with Crippen molar-refractivity contribution < 1.29 is 14.1 Å². The minimum atomic E-state index is -0.554. The van der Waals surface area contributed by atoms with Crippen molar-refractivity contribution in [3.63, 3.8) is 0 Å². The third-order valence-electron chi connectivity index (χ3n) is 4.35. The Hall–Kier alpha value is -4.14. The Bertz CT molecular complexity index is 1250. The molecule has 4 rings (SSSR count). The van der Waals surface area contributed by atoms with Gasteiger partial charge >= 0.3 is 0 Å². The first-order valence-corrected chi connectivity index (χ1v) is 8.60. The van der Waals surface area contributed by atoms with Gasteiger partial charge in [0.1, 0.15) is 16.9 Å². The van der Waals surface area contributed by atoms with E-state index >= 15 is 0 Å². The number of aromatic nitrogens is 3. The predicted octanol–water partition coefficient (Wildman–Crippen LogP) is 4.03. The van der Waals surface area contributed by atoms with E-state index in [0.717, 1.165) is 5.56 Å². The second-order valence-corrected chi connectivity index (χ2v) is 6.38. The molecule has 0 bridgehead atoms. The van der Waals surface area contributed by atoms with Gasteiger partial charge in [0.15, 0.2) is 0 Å². The van der Waals surface area contributed by atoms with Crippen molar-refractivity contribution in [1.82, 2.24) is 15.0 Å². The zero-order chi connectivity index (χ0) is 20.5. The van der Waals surface area contributed by atoms with Crippen LogP contribution in [0.25, 0.3) is 16.7 Å². The van der Waals surface area contributed by atoms with E-state index < -0.39 is 10.8 Å². The van der Waals surface area contributed by atoms with E-state index in [1.54, 1.807) is 31.2 Å². The zero-order valence-electron chi connectivity index (χ0n) is 15.2. The number of aryl methyl sites for hydroxylation is 1. The van der Waals surface area contributed by atoms with Crippen LogP contribution in [0, 0.1) is 22.9 Å². The van der Waals surface area contributed by atoms with Crippen molar-refractivity contribution in [3.05, 3.63) is 87.7 Å². The van der Waals surface area contributed by atoms with E-state index in [-0.39, 0.29) is 17.1 Å². The van der Waals surface area contributed by atoms with Gasteiger partial charge in [0.05, 0.1) is 10.6 Å². The van der Waals surface area contributed by atoms with Crippen LogP contribution in [0.1, 0.15) is 15.9 Å². The lowest BCUT2D eigenvalue weighted by Crippen LogP contribution is -2.13. The smallest absolute Gasteiger partial charge is 0.270 e. The van der Waals surface area contributed by atoms with E-state index in [1.807, 2.05) is 0 Å². The minimum Gasteiger partial charge on any atom is -0.322 e. The number of nitro benzene ring substituents is 1. The SMILES string of the molecule is Cc1cc2nn(-c3ccc(F)cc3)nc2cc1NC(=O)c1cccc([N+](=O)[O-])c1. The van der Waals surface area contributed by atoms with E-state index in [4.69, 9.17) is 0 Å². The highest BCUT2D eigenvalue weighted by molar-refractivity contribution is 6.05. The van der Waals surface area contributed by atoms with E-state index in [1.165, 1.54) is 41.2 Å². The topological polar surface area (TPSA) is 103 Å². The molecule has 0 saturated heterocycles. The standard InChI is InChI=1S/C20H14FN5O3/c1-12-9-18-19(24-25(23-18)15-7-5-14(21)6-8-15)11-17(12)22-20(27)13-3-2-4-16(10-13)26(28)29/h2-11H,1H3,(H,22,27). The molecule has 0 aliphatic rings. The summed E-state index contributed by atoms with van der Waals surface area (Å²) in [5.74, 6) is -0.825. The van der Waals surface area contributed by atoms with Crippen LogP contribution in [-0.2, 0) is 0 Å². The second kappa shape index (κ2) is 7.12. The van der Waals surface area contributed by atoms with Crippen LogP contribution in [-0.4, -0.2) is 25.8 Å². The van der Waals surface area contributed by atoms with Crippen LogP contribution in [0.3, 0.4) is 0 Å². The van der Waals surface area contributed by atoms with Gasteiger partial charge in [-0.1, -0.05) is 6.07 Å². The molecular weight excluding hydrogens is 377 g/mol. The number of non-ortho nitro benzene ring substituents is 1. The Morgan fingerprint density at radius 2 is 1.76 bits per heavy atom. The summed E-state index contributed by atoms with van der Waals surface area (Å²) in [6.45, 7) is 1.80. The number of halogens is 1. The lowest BCUT2D eigenvalue weighted by atomic mass is 10.1. The molecule has 0 saturated carbocycles. The summed E-state index contributed by atoms with van der Waals surface area (Å²) in [7, 11) is 0. The first kappa shape index (κ1) is 18.2. The molecule has 0 fully saturated rings. The molecule has 8 nitrogen and oxygen atoms in total. The molecule has 0 aliphatic carbocycles. The molecule has 0 aliphatic heterocycles. The summed E-state index contributed by atoms with van der Waals surface area (Å²) < 4.78 is 13.1. The fourth-order valence-electron chi connectivity index (χ4n) is 2.85. The number of carbonyl (C=O) groups excluding carboxylic acids is 1. The van der Waals surface area contributed by atoms with Gasteiger partial charge in [0.25, 0.3) is 11.6 Å². The second-order valence-electron chi connectivity index (χ2n) is 6.38. The van der Waals surface area contributed by atoms with Crippen LogP contribution in [0.5, 0.6) is 0 Å². The Morgan fingerprint density at radius 1 is 1.07 bits per heavy atom. The van der Waals surface area contributed by atoms with Gasteiger partial charge in [-0.25, -0.2) is 4.39 Å². The van der Waals surface area contributed by atoms with Crippen molar-refractivity contribution in [1.29, 1.82) is 0 Å². The number of hydrogen-bond acceptors (Lipinski definition) is 5. The zero-order valence-corrected chi connectivity index (χ0v) is 15.2. The third-order valence-corrected chi connectivity index (χ3v) is 4.35. The Kier molecular flexibility index (Phi) is 4.47. The molecule has 1 aromatic heterocycles. The van der Waals surface area contributed by atoms with E-state index in [2.05, 4.69) is 15.5 Å². The quantitative estimate of drug-likeness (QED) is 0.418. The average molecular weight is 391 g/mol. The number of rotatable bonds is 4. The maximum atomic E-state index is 13.1. The van der Waals surface area contributed by atoms with Crippen LogP contribution >= 0.6 is 0 Å². The number of nitrogens with one attached hydrogen (secondary N) is 1. The van der Waals surface area contributed by atoms with Gasteiger partial charge < -0.3 is 5.32 Å². The number of anilines is 1. The summed E-state index contributed by atoms with van der Waals surface area (Å²) in [6.07, 6.45) is 0. The third kappa shape index (κ3) is 3.65. The van der Waals surface area contributed by atoms with Crippen molar-refractivity contribution in [2.75, 3.05) is 5.32 Å². The Labute approximate surface area is 163 Å². The van der Waals surface area contributed by atoms with Crippen LogP contribution in [0.4, 0.5) is 15.8 Å². The van der Waals surface area contributed by atoms with Crippen molar-refractivity contribution in [2.24, 2.45) is 0 Å². The van der Waals surface area contributed by atoms with Gasteiger partial charge in [-0.3, -0.25) is 14.9 Å². The molecule has 9 heteroatoms. The molecule has 3 aromatic carbocycles. The van der Waals surface area contributed by atoms with Crippen molar-refractivity contribution in [2.45, 2.75) is 6.92 Å². The van der Waals surface area contributed by atoms with Crippen molar-refractivity contribution in [3.8, 4) is 5.69 Å². The highest BCUT2D eigenvalue weighted by Crippen LogP contribution is 2.23. The number of nitrogens with zero attached hydrogens (tertiary/aromatic N) is 4. The predicted molar refractivity (Wildman–Crippen MR) is 105 cm³/mol. The van der Waals surface area contributed by atoms with Gasteiger partial charge in [-0.15, -0.1) is 10.2 Å². The largest absolute Gasteiger partial charge is 0.322 e. The molecular formula is C20H14FN5O3. The highest BCUT2D eigenvalue weighted by Gasteiger charge is 2.14. The molecule has 1 N–H and O–H groups in total. The molecule has 144 valence electrons. The summed E-state index contributed by atoms with van der Waals surface area (Å²) in [5, 5.41) is 22.4. The maximum absolute atomic E-state index is 13.1. The first-order chi connectivity index (χ1) is 13.9. The normalized spacial score (nSPS) is 10.8. The molecule has 29 heavy (non-hydrogen) atoms. The lowest BCUT2D eigenvalue weighted by Gasteiger charge is -2.08. The highest BCUT2D eigenvalue weighted by atomic mass is 19.1. The summed E-state index contributed by atoms with van der Waals surface area (Å²) in [6, 6.07) is 14.7. The molecule has 0 atom stereocenters. The minimum absolute atomic E-state index is 0.160. The monoisotopic (exact) mass is 391 g/mol. The molecule has 0 spiro atoms. The first-order valence-electron chi connectivity index (χ1n) is 8.60. The lowest BCUT2D eigenvalue weighted by molar-refractivity contribution is -0.384. The summed E-state index contributed by atoms with van der Waals surface area (Å²) in [4.78, 5) is 24.3. The maximum Gasteiger partial charge on any atom is 0.270 e. The molecule has 0 unspecified atom stereocenters. The van der Waals surface area contributed by atoms with Gasteiger partial charge in [0.2, 0.25) is 0 Å². The molecule has 1 heterocycles. The van der Waals surface area contributed by atoms with E-state index in [0.29, 0.717) is 22.4 Å². The Balaban J connectivity index is 1.65. The van der Waals surface area contributed by atoms with Crippen molar-refractivity contribution >= 4 is 28.3 Å². The molecule has 0 radical (unpaired) electrons.